The molecule has 1 fully saturated rings. The highest BCUT2D eigenvalue weighted by Crippen LogP contribution is 2.26. The fraction of sp³-hybridized carbons (Fsp3) is 0.318. The lowest BCUT2D eigenvalue weighted by molar-refractivity contribution is 0.0730. The Morgan fingerprint density at radius 2 is 1.87 bits per heavy atom. The first-order chi connectivity index (χ1) is 15.1. The van der Waals surface area contributed by atoms with Crippen LogP contribution in [0.2, 0.25) is 0 Å². The molecule has 0 saturated carbocycles. The Labute approximate surface area is 186 Å². The largest absolute Gasteiger partial charge is 0.383 e. The zero-order chi connectivity index (χ0) is 21.7. The highest BCUT2D eigenvalue weighted by molar-refractivity contribution is 7.89. The molecule has 164 valence electrons. The molecule has 0 bridgehead atoms. The summed E-state index contributed by atoms with van der Waals surface area (Å²) < 4.78 is 40.4. The van der Waals surface area contributed by atoms with Gasteiger partial charge in [-0.2, -0.15) is 4.31 Å². The second kappa shape index (κ2) is 9.88. The molecule has 2 aromatic carbocycles. The van der Waals surface area contributed by atoms with Gasteiger partial charge in [-0.3, -0.25) is 0 Å². The zero-order valence-electron chi connectivity index (χ0n) is 17.3. The van der Waals surface area contributed by atoms with Crippen molar-refractivity contribution in [1.82, 2.24) is 8.87 Å². The fourth-order valence-electron chi connectivity index (χ4n) is 3.41. The number of benzene rings is 2. The molecule has 0 atom stereocenters. The predicted molar refractivity (Wildman–Crippen MR) is 121 cm³/mol. The van der Waals surface area contributed by atoms with Crippen LogP contribution < -0.4 is 4.80 Å². The smallest absolute Gasteiger partial charge is 0.243 e. The summed E-state index contributed by atoms with van der Waals surface area (Å²) >= 11 is 1.52. The maximum absolute atomic E-state index is 13.1. The summed E-state index contributed by atoms with van der Waals surface area (Å²) in [5.74, 6) is 0. The number of aromatic nitrogens is 1. The average Bonchev–Trinajstić information content (AvgIpc) is 3.21. The molecule has 1 aromatic heterocycles. The van der Waals surface area contributed by atoms with Gasteiger partial charge in [0.05, 0.1) is 36.1 Å². The Hall–Kier alpha value is -2.30. The summed E-state index contributed by atoms with van der Waals surface area (Å²) in [6.07, 6.45) is 0. The molecule has 0 aliphatic carbocycles. The third-order valence-corrected chi connectivity index (χ3v) is 7.79. The minimum atomic E-state index is -3.56. The van der Waals surface area contributed by atoms with Crippen LogP contribution in [-0.4, -0.2) is 57.3 Å². The minimum Gasteiger partial charge on any atom is -0.383 e. The number of sulfonamides is 1. The number of hydrogen-bond acceptors (Lipinski definition) is 6. The summed E-state index contributed by atoms with van der Waals surface area (Å²) in [5.41, 5.74) is 2.61. The van der Waals surface area contributed by atoms with Gasteiger partial charge in [0, 0.05) is 37.7 Å². The third-order valence-electron chi connectivity index (χ3n) is 5.04. The van der Waals surface area contributed by atoms with Crippen LogP contribution in [0.25, 0.3) is 11.3 Å². The predicted octanol–water partition coefficient (Wildman–Crippen LogP) is 3.12. The Morgan fingerprint density at radius 3 is 2.61 bits per heavy atom. The van der Waals surface area contributed by atoms with Crippen molar-refractivity contribution in [2.75, 3.05) is 40.0 Å². The first-order valence-corrected chi connectivity index (χ1v) is 12.4. The number of ether oxygens (including phenoxy) is 2. The van der Waals surface area contributed by atoms with Crippen LogP contribution >= 0.6 is 11.3 Å². The Bertz CT molecular complexity index is 1180. The molecular formula is C22H25N3O4S2. The molecule has 1 saturated heterocycles. The second-order valence-electron chi connectivity index (χ2n) is 7.04. The highest BCUT2D eigenvalue weighted by Gasteiger charge is 2.26. The van der Waals surface area contributed by atoms with E-state index in [9.17, 15) is 8.42 Å². The van der Waals surface area contributed by atoms with Gasteiger partial charge >= 0.3 is 0 Å². The molecule has 3 aromatic rings. The summed E-state index contributed by atoms with van der Waals surface area (Å²) in [6.45, 7) is 2.73. The standard InChI is InChI=1S/C22H25N3O4S2/c1-28-13-12-25-21(17-30-22(25)23-19-7-3-2-4-8-19)18-6-5-9-20(16-18)31(26,27)24-10-14-29-15-11-24/h2-9,16-17H,10-15H2,1H3. The molecule has 7 nitrogen and oxygen atoms in total. The Balaban J connectivity index is 1.74. The van der Waals surface area contributed by atoms with Gasteiger partial charge in [-0.1, -0.05) is 30.3 Å². The van der Waals surface area contributed by atoms with Crippen LogP contribution in [0.3, 0.4) is 0 Å². The minimum absolute atomic E-state index is 0.290. The highest BCUT2D eigenvalue weighted by atomic mass is 32.2. The van der Waals surface area contributed by atoms with Crippen LogP contribution in [0.1, 0.15) is 0 Å². The van der Waals surface area contributed by atoms with Crippen molar-refractivity contribution in [1.29, 1.82) is 0 Å². The van der Waals surface area contributed by atoms with Crippen LogP contribution in [0.15, 0.2) is 69.9 Å². The molecule has 2 heterocycles. The van der Waals surface area contributed by atoms with E-state index in [1.54, 1.807) is 25.3 Å². The van der Waals surface area contributed by atoms with Crippen molar-refractivity contribution in [2.45, 2.75) is 11.4 Å². The van der Waals surface area contributed by atoms with Gasteiger partial charge in [-0.25, -0.2) is 13.4 Å². The zero-order valence-corrected chi connectivity index (χ0v) is 18.9. The van der Waals surface area contributed by atoms with Gasteiger partial charge < -0.3 is 14.0 Å². The van der Waals surface area contributed by atoms with Gasteiger partial charge in [-0.15, -0.1) is 11.3 Å². The van der Waals surface area contributed by atoms with E-state index in [1.165, 1.54) is 15.6 Å². The number of rotatable bonds is 7. The van der Waals surface area contributed by atoms with Crippen molar-refractivity contribution >= 4 is 27.0 Å². The van der Waals surface area contributed by atoms with E-state index in [1.807, 2.05) is 41.8 Å². The molecule has 0 N–H and O–H groups in total. The monoisotopic (exact) mass is 459 g/mol. The SMILES string of the molecule is COCCn1c(-c2cccc(S(=O)(=O)N3CCOCC3)c2)csc1=Nc1ccccc1. The summed E-state index contributed by atoms with van der Waals surface area (Å²) in [7, 11) is -1.90. The normalized spacial score (nSPS) is 16.0. The maximum atomic E-state index is 13.1. The van der Waals surface area contributed by atoms with E-state index in [-0.39, 0.29) is 4.90 Å². The molecular weight excluding hydrogens is 434 g/mol. The van der Waals surface area contributed by atoms with Gasteiger partial charge in [0.1, 0.15) is 0 Å². The summed E-state index contributed by atoms with van der Waals surface area (Å²) in [4.78, 5) is 5.89. The molecule has 1 aliphatic rings. The number of nitrogens with zero attached hydrogens (tertiary/aromatic N) is 3. The second-order valence-corrected chi connectivity index (χ2v) is 9.81. The van der Waals surface area contributed by atoms with Crippen LogP contribution in [0, 0.1) is 0 Å². The lowest BCUT2D eigenvalue weighted by atomic mass is 10.2. The maximum Gasteiger partial charge on any atom is 0.243 e. The fourth-order valence-corrected chi connectivity index (χ4v) is 5.82. The van der Waals surface area contributed by atoms with Gasteiger partial charge in [0.2, 0.25) is 10.0 Å². The molecule has 0 radical (unpaired) electrons. The summed E-state index contributed by atoms with van der Waals surface area (Å²) in [6, 6.07) is 16.9. The van der Waals surface area contributed by atoms with Crippen molar-refractivity contribution in [3.63, 3.8) is 0 Å². The van der Waals surface area contributed by atoms with Gasteiger partial charge in [0.25, 0.3) is 0 Å². The lowest BCUT2D eigenvalue weighted by Gasteiger charge is -2.26. The van der Waals surface area contributed by atoms with Crippen molar-refractivity contribution in [2.24, 2.45) is 4.99 Å². The quantitative estimate of drug-likeness (QED) is 0.544. The average molecular weight is 460 g/mol. The first kappa shape index (κ1) is 21.9. The lowest BCUT2D eigenvalue weighted by Crippen LogP contribution is -2.40. The number of hydrogen-bond donors (Lipinski definition) is 0. The van der Waals surface area contributed by atoms with E-state index in [0.717, 1.165) is 21.7 Å². The van der Waals surface area contributed by atoms with Crippen molar-refractivity contribution in [3.05, 3.63) is 64.8 Å². The van der Waals surface area contributed by atoms with Gasteiger partial charge in [0.15, 0.2) is 4.80 Å². The molecule has 4 rings (SSSR count). The van der Waals surface area contributed by atoms with Crippen molar-refractivity contribution in [3.8, 4) is 11.3 Å². The van der Waals surface area contributed by atoms with E-state index in [0.29, 0.717) is 39.5 Å². The van der Waals surface area contributed by atoms with E-state index in [2.05, 4.69) is 4.57 Å². The third kappa shape index (κ3) is 4.97. The molecule has 9 heteroatoms. The number of para-hydroxylation sites is 1. The Kier molecular flexibility index (Phi) is 6.99. The van der Waals surface area contributed by atoms with Crippen LogP contribution in [0.5, 0.6) is 0 Å². The molecule has 31 heavy (non-hydrogen) atoms. The first-order valence-electron chi connectivity index (χ1n) is 10.0. The molecule has 0 spiro atoms. The van der Waals surface area contributed by atoms with Crippen LogP contribution in [-0.2, 0) is 26.0 Å². The van der Waals surface area contributed by atoms with E-state index >= 15 is 0 Å². The van der Waals surface area contributed by atoms with Crippen molar-refractivity contribution < 1.29 is 17.9 Å². The number of methoxy groups -OCH3 is 1. The molecule has 0 unspecified atom stereocenters. The molecule has 1 aliphatic heterocycles. The molecule has 0 amide bonds. The summed E-state index contributed by atoms with van der Waals surface area (Å²) in [5, 5.41) is 2.01. The van der Waals surface area contributed by atoms with Crippen LogP contribution in [0.4, 0.5) is 5.69 Å². The number of thiazole rings is 1. The van der Waals surface area contributed by atoms with E-state index < -0.39 is 10.0 Å². The van der Waals surface area contributed by atoms with Gasteiger partial charge in [-0.05, 0) is 24.3 Å². The Morgan fingerprint density at radius 1 is 1.10 bits per heavy atom. The topological polar surface area (TPSA) is 73.1 Å². The number of morpholine rings is 1. The van der Waals surface area contributed by atoms with E-state index in [4.69, 9.17) is 14.5 Å².